The third-order valence-electron chi connectivity index (χ3n) is 4.79. The van der Waals surface area contributed by atoms with Crippen LogP contribution in [0.2, 0.25) is 5.02 Å². The average molecular weight is 474 g/mol. The summed E-state index contributed by atoms with van der Waals surface area (Å²) in [7, 11) is 0. The SMILES string of the molecule is O=C(c1ccccc1)c1[nH]c2cc(Cl)ccc2c1N(O)C(=O)c1cccc(C(Cl)Cl)c1. The molecule has 0 aliphatic heterocycles. The van der Waals surface area contributed by atoms with Crippen LogP contribution in [0.3, 0.4) is 0 Å². The number of aromatic nitrogens is 1. The Hall–Kier alpha value is -2.83. The number of carbonyl (C=O) groups excluding carboxylic acids is 2. The second-order valence-electron chi connectivity index (χ2n) is 6.78. The van der Waals surface area contributed by atoms with Crippen LogP contribution in [0, 0.1) is 0 Å². The van der Waals surface area contributed by atoms with E-state index < -0.39 is 10.7 Å². The number of alkyl halides is 2. The van der Waals surface area contributed by atoms with Gasteiger partial charge in [-0.3, -0.25) is 14.8 Å². The number of nitrogens with one attached hydrogen (secondary N) is 1. The molecule has 1 aromatic heterocycles. The Balaban J connectivity index is 1.84. The molecule has 31 heavy (non-hydrogen) atoms. The van der Waals surface area contributed by atoms with Crippen molar-refractivity contribution in [2.45, 2.75) is 4.84 Å². The Morgan fingerprint density at radius 3 is 2.32 bits per heavy atom. The maximum atomic E-state index is 13.2. The van der Waals surface area contributed by atoms with E-state index in [1.165, 1.54) is 12.1 Å². The standard InChI is InChI=1S/C23H15Cl3N2O3/c24-16-9-10-17-18(12-16)27-19(21(29)13-5-2-1-3-6-13)20(17)28(31)23(30)15-8-4-7-14(11-15)22(25)26/h1-12,22,27,31H. The van der Waals surface area contributed by atoms with Gasteiger partial charge in [0.05, 0.1) is 0 Å². The highest BCUT2D eigenvalue weighted by atomic mass is 35.5. The van der Waals surface area contributed by atoms with Crippen molar-refractivity contribution < 1.29 is 14.8 Å². The third kappa shape index (κ3) is 4.18. The first-order valence-electron chi connectivity index (χ1n) is 9.19. The van der Waals surface area contributed by atoms with Crippen molar-refractivity contribution in [2.24, 2.45) is 0 Å². The lowest BCUT2D eigenvalue weighted by Gasteiger charge is -2.17. The highest BCUT2D eigenvalue weighted by molar-refractivity contribution is 6.44. The molecule has 1 amide bonds. The lowest BCUT2D eigenvalue weighted by molar-refractivity contribution is 0.0854. The van der Waals surface area contributed by atoms with Gasteiger partial charge in [0.15, 0.2) is 0 Å². The minimum absolute atomic E-state index is 0.0317. The molecular formula is C23H15Cl3N2O3. The van der Waals surface area contributed by atoms with Crippen molar-refractivity contribution >= 4 is 63.1 Å². The number of ketones is 1. The molecule has 3 aromatic carbocycles. The number of rotatable bonds is 5. The van der Waals surface area contributed by atoms with Crippen molar-refractivity contribution in [3.05, 3.63) is 100 Å². The highest BCUT2D eigenvalue weighted by Crippen LogP contribution is 2.34. The summed E-state index contributed by atoms with van der Waals surface area (Å²) in [6, 6.07) is 19.7. The van der Waals surface area contributed by atoms with Crippen LogP contribution in [0.4, 0.5) is 5.69 Å². The lowest BCUT2D eigenvalue weighted by Crippen LogP contribution is -2.28. The van der Waals surface area contributed by atoms with Crippen LogP contribution in [0.1, 0.15) is 36.8 Å². The summed E-state index contributed by atoms with van der Waals surface area (Å²) in [6.07, 6.45) is 0. The average Bonchev–Trinajstić information content (AvgIpc) is 3.16. The van der Waals surface area contributed by atoms with E-state index in [2.05, 4.69) is 4.98 Å². The van der Waals surface area contributed by atoms with Gasteiger partial charge in [0.2, 0.25) is 5.78 Å². The molecule has 0 fully saturated rings. The Labute approximate surface area is 192 Å². The minimum Gasteiger partial charge on any atom is -0.350 e. The molecule has 0 radical (unpaired) electrons. The predicted octanol–water partition coefficient (Wildman–Crippen LogP) is 6.56. The van der Waals surface area contributed by atoms with Gasteiger partial charge in [-0.15, -0.1) is 23.2 Å². The highest BCUT2D eigenvalue weighted by Gasteiger charge is 2.27. The second-order valence-corrected chi connectivity index (χ2v) is 8.31. The maximum absolute atomic E-state index is 13.2. The van der Waals surface area contributed by atoms with E-state index in [1.807, 2.05) is 0 Å². The summed E-state index contributed by atoms with van der Waals surface area (Å²) in [4.78, 5) is 28.4. The fourth-order valence-corrected chi connectivity index (χ4v) is 3.75. The number of anilines is 1. The van der Waals surface area contributed by atoms with Crippen molar-refractivity contribution in [1.82, 2.24) is 4.98 Å². The van der Waals surface area contributed by atoms with E-state index >= 15 is 0 Å². The zero-order valence-electron chi connectivity index (χ0n) is 15.9. The van der Waals surface area contributed by atoms with Crippen LogP contribution in [-0.2, 0) is 0 Å². The Morgan fingerprint density at radius 1 is 0.903 bits per heavy atom. The van der Waals surface area contributed by atoms with Gasteiger partial charge in [-0.25, -0.2) is 0 Å². The number of aromatic amines is 1. The van der Waals surface area contributed by atoms with Gasteiger partial charge in [-0.05, 0) is 35.9 Å². The third-order valence-corrected chi connectivity index (χ3v) is 5.53. The summed E-state index contributed by atoms with van der Waals surface area (Å²) in [5.41, 5.74) is 1.66. The van der Waals surface area contributed by atoms with Crippen LogP contribution in [0.15, 0.2) is 72.8 Å². The monoisotopic (exact) mass is 472 g/mol. The molecular weight excluding hydrogens is 459 g/mol. The quantitative estimate of drug-likeness (QED) is 0.149. The number of carbonyl (C=O) groups is 2. The van der Waals surface area contributed by atoms with Gasteiger partial charge in [0.1, 0.15) is 16.2 Å². The first kappa shape index (κ1) is 21.4. The number of hydroxylamine groups is 1. The second kappa shape index (κ2) is 8.73. The van der Waals surface area contributed by atoms with Crippen LogP contribution < -0.4 is 5.06 Å². The molecule has 0 saturated carbocycles. The van der Waals surface area contributed by atoms with Crippen LogP contribution in [-0.4, -0.2) is 21.9 Å². The van der Waals surface area contributed by atoms with Gasteiger partial charge in [-0.2, -0.15) is 5.06 Å². The Kier molecular flexibility index (Phi) is 6.03. The normalized spacial score (nSPS) is 11.1. The molecule has 0 bridgehead atoms. The molecule has 2 N–H and O–H groups in total. The number of fused-ring (bicyclic) bond motifs is 1. The molecule has 4 rings (SSSR count). The van der Waals surface area contributed by atoms with Gasteiger partial charge < -0.3 is 4.98 Å². The molecule has 4 aromatic rings. The fourth-order valence-electron chi connectivity index (χ4n) is 3.30. The van der Waals surface area contributed by atoms with E-state index in [0.717, 1.165) is 0 Å². The molecule has 0 spiro atoms. The van der Waals surface area contributed by atoms with E-state index in [0.29, 0.717) is 32.1 Å². The predicted molar refractivity (Wildman–Crippen MR) is 123 cm³/mol. The Bertz CT molecular complexity index is 1290. The van der Waals surface area contributed by atoms with E-state index in [4.69, 9.17) is 34.8 Å². The number of H-pyrrole nitrogens is 1. The fraction of sp³-hybridized carbons (Fsp3) is 0.0435. The van der Waals surface area contributed by atoms with Gasteiger partial charge >= 0.3 is 0 Å². The summed E-state index contributed by atoms with van der Waals surface area (Å²) in [6.45, 7) is 0. The number of hydrogen-bond donors (Lipinski definition) is 2. The zero-order valence-corrected chi connectivity index (χ0v) is 18.1. The van der Waals surface area contributed by atoms with E-state index in [9.17, 15) is 14.8 Å². The van der Waals surface area contributed by atoms with Gasteiger partial charge in [0.25, 0.3) is 5.91 Å². The van der Waals surface area contributed by atoms with Gasteiger partial charge in [-0.1, -0.05) is 54.1 Å². The molecule has 0 aliphatic carbocycles. The van der Waals surface area contributed by atoms with E-state index in [1.54, 1.807) is 60.7 Å². The summed E-state index contributed by atoms with van der Waals surface area (Å²) >= 11 is 17.9. The molecule has 0 aliphatic rings. The maximum Gasteiger partial charge on any atom is 0.282 e. The molecule has 1 heterocycles. The number of nitrogens with zero attached hydrogens (tertiary/aromatic N) is 1. The first-order valence-corrected chi connectivity index (χ1v) is 10.4. The first-order chi connectivity index (χ1) is 14.9. The zero-order chi connectivity index (χ0) is 22.1. The number of hydrogen-bond acceptors (Lipinski definition) is 3. The molecule has 156 valence electrons. The molecule has 0 atom stereocenters. The van der Waals surface area contributed by atoms with E-state index in [-0.39, 0.29) is 22.7 Å². The van der Waals surface area contributed by atoms with Crippen LogP contribution in [0.5, 0.6) is 0 Å². The summed E-state index contributed by atoms with van der Waals surface area (Å²) in [5.74, 6) is -1.13. The molecule has 0 saturated heterocycles. The summed E-state index contributed by atoms with van der Waals surface area (Å²) in [5, 5.41) is 12.3. The topological polar surface area (TPSA) is 73.4 Å². The van der Waals surface area contributed by atoms with Crippen LogP contribution in [0.25, 0.3) is 10.9 Å². The summed E-state index contributed by atoms with van der Waals surface area (Å²) < 4.78 is 0. The van der Waals surface area contributed by atoms with Crippen LogP contribution >= 0.6 is 34.8 Å². The smallest absolute Gasteiger partial charge is 0.282 e. The lowest BCUT2D eigenvalue weighted by atomic mass is 10.1. The largest absolute Gasteiger partial charge is 0.350 e. The molecule has 8 heteroatoms. The van der Waals surface area contributed by atoms with Crippen molar-refractivity contribution in [3.8, 4) is 0 Å². The van der Waals surface area contributed by atoms with Crippen molar-refractivity contribution in [2.75, 3.05) is 5.06 Å². The molecule has 0 unspecified atom stereocenters. The minimum atomic E-state index is -0.828. The molecule has 5 nitrogen and oxygen atoms in total. The number of benzene rings is 3. The van der Waals surface area contributed by atoms with Crippen molar-refractivity contribution in [3.63, 3.8) is 0 Å². The van der Waals surface area contributed by atoms with Crippen molar-refractivity contribution in [1.29, 1.82) is 0 Å². The Morgan fingerprint density at radius 2 is 1.61 bits per heavy atom. The number of halogens is 3. The van der Waals surface area contributed by atoms with Gasteiger partial charge in [0, 0.05) is 27.1 Å². The number of amides is 1.